The summed E-state index contributed by atoms with van der Waals surface area (Å²) in [6.45, 7) is 4.85. The Morgan fingerprint density at radius 3 is 2.90 bits per heavy atom. The molecule has 2 rings (SSSR count). The third-order valence-electron chi connectivity index (χ3n) is 2.88. The van der Waals surface area contributed by atoms with E-state index in [9.17, 15) is 9.18 Å². The topological polar surface area (TPSA) is 54.0 Å². The van der Waals surface area contributed by atoms with Crippen LogP contribution < -0.4 is 10.6 Å². The Hall–Kier alpha value is -1.95. The van der Waals surface area contributed by atoms with Crippen molar-refractivity contribution < 1.29 is 9.18 Å². The van der Waals surface area contributed by atoms with Crippen LogP contribution in [-0.2, 0) is 6.54 Å². The first-order chi connectivity index (χ1) is 10.1. The Labute approximate surface area is 127 Å². The minimum Gasteiger partial charge on any atom is -0.382 e. The van der Waals surface area contributed by atoms with Gasteiger partial charge < -0.3 is 10.6 Å². The van der Waals surface area contributed by atoms with Gasteiger partial charge in [0.15, 0.2) is 0 Å². The highest BCUT2D eigenvalue weighted by Gasteiger charge is 2.14. The van der Waals surface area contributed by atoms with Crippen LogP contribution in [0.5, 0.6) is 0 Å². The van der Waals surface area contributed by atoms with Crippen LogP contribution in [0.3, 0.4) is 0 Å². The maximum atomic E-state index is 13.8. The van der Waals surface area contributed by atoms with Crippen LogP contribution in [0.25, 0.3) is 0 Å². The van der Waals surface area contributed by atoms with Crippen LogP contribution in [-0.4, -0.2) is 17.4 Å². The number of aromatic nitrogens is 1. The van der Waals surface area contributed by atoms with Gasteiger partial charge in [-0.3, -0.25) is 4.79 Å². The molecule has 0 unspecified atom stereocenters. The Morgan fingerprint density at radius 2 is 2.24 bits per heavy atom. The van der Waals surface area contributed by atoms with Crippen LogP contribution in [0.2, 0.25) is 0 Å². The van der Waals surface area contributed by atoms with Crippen LogP contribution in [0.4, 0.5) is 10.1 Å². The summed E-state index contributed by atoms with van der Waals surface area (Å²) in [7, 11) is 0. The van der Waals surface area contributed by atoms with E-state index in [1.807, 2.05) is 19.2 Å². The molecule has 1 aromatic heterocycles. The van der Waals surface area contributed by atoms with Crippen molar-refractivity contribution in [3.05, 3.63) is 45.7 Å². The number of carbonyl (C=O) groups is 1. The zero-order chi connectivity index (χ0) is 15.2. The number of para-hydroxylation sites is 1. The predicted molar refractivity (Wildman–Crippen MR) is 83.2 cm³/mol. The molecule has 0 bridgehead atoms. The number of halogens is 1. The van der Waals surface area contributed by atoms with Gasteiger partial charge in [-0.25, -0.2) is 9.37 Å². The van der Waals surface area contributed by atoms with Crippen LogP contribution in [0, 0.1) is 12.7 Å². The lowest BCUT2D eigenvalue weighted by Gasteiger charge is -2.12. The molecule has 1 aromatic carbocycles. The molecule has 2 aromatic rings. The molecule has 0 saturated carbocycles. The SMILES string of the molecule is CCCNc1c(F)cccc1C(=O)NCc1nc(C)cs1. The molecule has 2 N–H and O–H groups in total. The smallest absolute Gasteiger partial charge is 0.253 e. The van der Waals surface area contributed by atoms with Gasteiger partial charge in [-0.05, 0) is 25.5 Å². The number of carbonyl (C=O) groups excluding carboxylic acids is 1. The number of nitrogens with zero attached hydrogens (tertiary/aromatic N) is 1. The van der Waals surface area contributed by atoms with E-state index < -0.39 is 5.82 Å². The number of hydrogen-bond acceptors (Lipinski definition) is 4. The maximum absolute atomic E-state index is 13.8. The third-order valence-corrected chi connectivity index (χ3v) is 3.84. The number of nitrogens with one attached hydrogen (secondary N) is 2. The molecule has 1 amide bonds. The van der Waals surface area contributed by atoms with Crippen molar-refractivity contribution in [3.63, 3.8) is 0 Å². The minimum atomic E-state index is -0.416. The summed E-state index contributed by atoms with van der Waals surface area (Å²) >= 11 is 1.49. The number of anilines is 1. The molecule has 0 saturated heterocycles. The van der Waals surface area contributed by atoms with Crippen LogP contribution >= 0.6 is 11.3 Å². The summed E-state index contributed by atoms with van der Waals surface area (Å²) in [5.41, 5.74) is 1.50. The van der Waals surface area contributed by atoms with Gasteiger partial charge in [0, 0.05) is 17.6 Å². The van der Waals surface area contributed by atoms with Crippen molar-refractivity contribution in [1.29, 1.82) is 0 Å². The largest absolute Gasteiger partial charge is 0.382 e. The minimum absolute atomic E-state index is 0.257. The fourth-order valence-electron chi connectivity index (χ4n) is 1.88. The number of hydrogen-bond donors (Lipinski definition) is 2. The second-order valence-corrected chi connectivity index (χ2v) is 5.60. The molecule has 0 spiro atoms. The van der Waals surface area contributed by atoms with E-state index >= 15 is 0 Å². The molecule has 0 fully saturated rings. The first-order valence-corrected chi connectivity index (χ1v) is 7.71. The average molecular weight is 307 g/mol. The van der Waals surface area contributed by atoms with Crippen molar-refractivity contribution in [2.75, 3.05) is 11.9 Å². The first-order valence-electron chi connectivity index (χ1n) is 6.83. The Morgan fingerprint density at radius 1 is 1.43 bits per heavy atom. The summed E-state index contributed by atoms with van der Waals surface area (Å²) in [4.78, 5) is 16.5. The number of amides is 1. The van der Waals surface area contributed by atoms with Crippen LogP contribution in [0.1, 0.15) is 34.4 Å². The van der Waals surface area contributed by atoms with E-state index in [0.717, 1.165) is 17.1 Å². The molecule has 21 heavy (non-hydrogen) atoms. The van der Waals surface area contributed by atoms with Crippen molar-refractivity contribution in [2.45, 2.75) is 26.8 Å². The lowest BCUT2D eigenvalue weighted by molar-refractivity contribution is 0.0951. The summed E-state index contributed by atoms with van der Waals surface area (Å²) in [5.74, 6) is -0.720. The van der Waals surface area contributed by atoms with E-state index in [1.54, 1.807) is 6.07 Å². The average Bonchev–Trinajstić information content (AvgIpc) is 2.89. The number of rotatable bonds is 6. The van der Waals surface area contributed by atoms with Gasteiger partial charge in [0.05, 0.1) is 17.8 Å². The second kappa shape index (κ2) is 7.17. The van der Waals surface area contributed by atoms with Crippen molar-refractivity contribution in [2.24, 2.45) is 0 Å². The number of aryl methyl sites for hydroxylation is 1. The third kappa shape index (κ3) is 4.01. The number of thiazole rings is 1. The Kier molecular flexibility index (Phi) is 5.27. The zero-order valence-corrected chi connectivity index (χ0v) is 12.9. The van der Waals surface area contributed by atoms with E-state index in [-0.39, 0.29) is 11.6 Å². The predicted octanol–water partition coefficient (Wildman–Crippen LogP) is 3.34. The summed E-state index contributed by atoms with van der Waals surface area (Å²) in [6, 6.07) is 4.50. The quantitative estimate of drug-likeness (QED) is 0.860. The highest BCUT2D eigenvalue weighted by molar-refractivity contribution is 7.09. The van der Waals surface area contributed by atoms with Crippen molar-refractivity contribution in [3.8, 4) is 0 Å². The van der Waals surface area contributed by atoms with Gasteiger partial charge in [-0.2, -0.15) is 0 Å². The lowest BCUT2D eigenvalue weighted by atomic mass is 10.1. The van der Waals surface area contributed by atoms with E-state index in [1.165, 1.54) is 23.5 Å². The van der Waals surface area contributed by atoms with Gasteiger partial charge in [-0.15, -0.1) is 11.3 Å². The first kappa shape index (κ1) is 15.4. The molecule has 0 aliphatic rings. The molecule has 6 heteroatoms. The molecule has 0 aliphatic heterocycles. The second-order valence-electron chi connectivity index (χ2n) is 4.65. The fraction of sp³-hybridized carbons (Fsp3) is 0.333. The fourth-order valence-corrected chi connectivity index (χ4v) is 2.59. The van der Waals surface area contributed by atoms with Gasteiger partial charge >= 0.3 is 0 Å². The van der Waals surface area contributed by atoms with Gasteiger partial charge in [-0.1, -0.05) is 13.0 Å². The van der Waals surface area contributed by atoms with Crippen LogP contribution in [0.15, 0.2) is 23.6 Å². The summed E-state index contributed by atoms with van der Waals surface area (Å²) in [6.07, 6.45) is 0.855. The van der Waals surface area contributed by atoms with E-state index in [4.69, 9.17) is 0 Å². The molecule has 112 valence electrons. The highest BCUT2D eigenvalue weighted by Crippen LogP contribution is 2.20. The van der Waals surface area contributed by atoms with Gasteiger partial charge in [0.25, 0.3) is 5.91 Å². The molecule has 0 atom stereocenters. The molecule has 1 heterocycles. The summed E-state index contributed by atoms with van der Waals surface area (Å²) < 4.78 is 13.8. The van der Waals surface area contributed by atoms with Gasteiger partial charge in [0.1, 0.15) is 10.8 Å². The summed E-state index contributed by atoms with van der Waals surface area (Å²) in [5, 5.41) is 8.50. The van der Waals surface area contributed by atoms with Crippen molar-refractivity contribution >= 4 is 22.9 Å². The molecular formula is C15H18FN3OS. The van der Waals surface area contributed by atoms with E-state index in [0.29, 0.717) is 18.7 Å². The molecule has 0 radical (unpaired) electrons. The lowest BCUT2D eigenvalue weighted by Crippen LogP contribution is -2.24. The van der Waals surface area contributed by atoms with Gasteiger partial charge in [0.2, 0.25) is 0 Å². The highest BCUT2D eigenvalue weighted by atomic mass is 32.1. The Bertz CT molecular complexity index is 627. The normalized spacial score (nSPS) is 10.4. The van der Waals surface area contributed by atoms with E-state index in [2.05, 4.69) is 15.6 Å². The van der Waals surface area contributed by atoms with Crippen molar-refractivity contribution in [1.82, 2.24) is 10.3 Å². The zero-order valence-electron chi connectivity index (χ0n) is 12.1. The molecule has 4 nitrogen and oxygen atoms in total. The Balaban J connectivity index is 2.09. The molecule has 0 aliphatic carbocycles. The maximum Gasteiger partial charge on any atom is 0.253 e. The monoisotopic (exact) mass is 307 g/mol. The number of benzene rings is 1. The molecular weight excluding hydrogens is 289 g/mol. The standard InChI is InChI=1S/C15H18FN3OS/c1-3-7-17-14-11(5-4-6-12(14)16)15(20)18-8-13-19-10(2)9-21-13/h4-6,9,17H,3,7-8H2,1-2H3,(H,18,20).